The average Bonchev–Trinajstić information content (AvgIpc) is 3.01. The zero-order valence-electron chi connectivity index (χ0n) is 23.7. The Labute approximate surface area is 247 Å². The van der Waals surface area contributed by atoms with Crippen LogP contribution in [-0.2, 0) is 24.5 Å². The minimum absolute atomic E-state index is 0.0365. The molecule has 1 aliphatic rings. The lowest BCUT2D eigenvalue weighted by Gasteiger charge is -2.40. The van der Waals surface area contributed by atoms with Crippen molar-refractivity contribution in [3.05, 3.63) is 135 Å². The zero-order valence-corrected chi connectivity index (χ0v) is 23.7. The first-order chi connectivity index (χ1) is 20.7. The fourth-order valence-corrected chi connectivity index (χ4v) is 4.77. The van der Waals surface area contributed by atoms with Crippen LogP contribution in [0.4, 0.5) is 8.78 Å². The van der Waals surface area contributed by atoms with Crippen molar-refractivity contribution in [1.82, 2.24) is 14.6 Å². The van der Waals surface area contributed by atoms with Gasteiger partial charge in [0.05, 0.1) is 13.2 Å². The summed E-state index contributed by atoms with van der Waals surface area (Å²) in [4.78, 5) is 48.0. The number of rotatable bonds is 10. The second-order valence-electron chi connectivity index (χ2n) is 9.95. The van der Waals surface area contributed by atoms with Crippen LogP contribution in [0.1, 0.15) is 44.5 Å². The van der Waals surface area contributed by atoms with E-state index in [2.05, 4.69) is 0 Å². The molecule has 0 aliphatic carbocycles. The summed E-state index contributed by atoms with van der Waals surface area (Å²) in [6, 6.07) is 20.7. The fraction of sp³-hybridized carbons (Fsp3) is 0.219. The first kappa shape index (κ1) is 29.5. The topological polar surface area (TPSA) is 84.3 Å². The molecule has 11 heteroatoms. The molecule has 9 nitrogen and oxygen atoms in total. The van der Waals surface area contributed by atoms with Gasteiger partial charge in [0.15, 0.2) is 11.4 Å². The second kappa shape index (κ2) is 12.9. The number of amides is 2. The molecule has 0 atom stereocenters. The van der Waals surface area contributed by atoms with Crippen molar-refractivity contribution in [3.8, 4) is 5.75 Å². The van der Waals surface area contributed by atoms with Gasteiger partial charge in [0.2, 0.25) is 5.43 Å². The van der Waals surface area contributed by atoms with Gasteiger partial charge in [-0.15, -0.1) is 0 Å². The van der Waals surface area contributed by atoms with Crippen molar-refractivity contribution in [2.75, 3.05) is 25.3 Å². The van der Waals surface area contributed by atoms with Crippen LogP contribution in [0.15, 0.2) is 89.9 Å². The Hall–Kier alpha value is -5.03. The quantitative estimate of drug-likeness (QED) is 0.254. The maximum atomic E-state index is 14.0. The number of ether oxygens (including phenoxy) is 1. The van der Waals surface area contributed by atoms with E-state index in [9.17, 15) is 23.2 Å². The lowest BCUT2D eigenvalue weighted by Crippen LogP contribution is -2.54. The molecule has 0 radical (unpaired) electrons. The maximum Gasteiger partial charge on any atom is 0.282 e. The number of halogens is 2. The number of carbonyl (C=O) groups is 2. The van der Waals surface area contributed by atoms with E-state index < -0.39 is 28.9 Å². The van der Waals surface area contributed by atoms with Gasteiger partial charge in [-0.05, 0) is 47.9 Å². The molecular formula is C32H30F2N4O5. The SMILES string of the molecule is CCON(C)C(=O)c1cn2c(c(OCc3ccccc3)c1=O)C(=O)N(Cc1ccc(F)cc1)CN2Cc1ccc(F)cc1. The van der Waals surface area contributed by atoms with Crippen LogP contribution in [0.5, 0.6) is 5.75 Å². The van der Waals surface area contributed by atoms with E-state index in [0.717, 1.165) is 10.6 Å². The van der Waals surface area contributed by atoms with Crippen molar-refractivity contribution in [2.24, 2.45) is 0 Å². The minimum Gasteiger partial charge on any atom is -0.482 e. The van der Waals surface area contributed by atoms with E-state index >= 15 is 0 Å². The van der Waals surface area contributed by atoms with E-state index in [4.69, 9.17) is 9.57 Å². The van der Waals surface area contributed by atoms with Crippen LogP contribution in [0.25, 0.3) is 0 Å². The Balaban J connectivity index is 1.64. The number of carbonyl (C=O) groups excluding carboxylic acids is 2. The molecular weight excluding hydrogens is 558 g/mol. The molecule has 0 unspecified atom stereocenters. The van der Waals surface area contributed by atoms with Crippen LogP contribution < -0.4 is 15.2 Å². The highest BCUT2D eigenvalue weighted by Crippen LogP contribution is 2.26. The van der Waals surface area contributed by atoms with Gasteiger partial charge in [0.1, 0.15) is 30.5 Å². The Morgan fingerprint density at radius 1 is 0.860 bits per heavy atom. The normalized spacial score (nSPS) is 12.7. The highest BCUT2D eigenvalue weighted by molar-refractivity contribution is 5.99. The summed E-state index contributed by atoms with van der Waals surface area (Å²) in [5.41, 5.74) is 1.03. The molecule has 1 aliphatic heterocycles. The Kier molecular flexibility index (Phi) is 8.82. The molecule has 0 saturated heterocycles. The van der Waals surface area contributed by atoms with E-state index in [1.54, 1.807) is 36.2 Å². The van der Waals surface area contributed by atoms with E-state index in [-0.39, 0.29) is 50.0 Å². The number of nitrogens with zero attached hydrogens (tertiary/aromatic N) is 4. The van der Waals surface area contributed by atoms with Crippen LogP contribution in [0.3, 0.4) is 0 Å². The number of pyridine rings is 1. The van der Waals surface area contributed by atoms with Crippen LogP contribution in [0.2, 0.25) is 0 Å². The van der Waals surface area contributed by atoms with E-state index in [0.29, 0.717) is 11.1 Å². The molecule has 3 aromatic carbocycles. The standard InChI is InChI=1S/C32H30F2N4O5/c1-3-43-35(2)31(40)27-19-38-28(30(29(27)39)42-20-24-7-5-4-6-8-24)32(41)36(17-22-9-13-25(33)14-10-22)21-37(38)18-23-11-15-26(34)16-12-23/h4-16,19H,3,17-18,20-21H2,1-2H3. The van der Waals surface area contributed by atoms with Gasteiger partial charge in [0.25, 0.3) is 11.8 Å². The molecule has 5 rings (SSSR count). The molecule has 0 saturated carbocycles. The molecule has 2 amide bonds. The van der Waals surface area contributed by atoms with Crippen LogP contribution >= 0.6 is 0 Å². The number of aromatic nitrogens is 1. The largest absolute Gasteiger partial charge is 0.482 e. The summed E-state index contributed by atoms with van der Waals surface area (Å²) >= 11 is 0. The third kappa shape index (κ3) is 6.57. The molecule has 0 spiro atoms. The number of hydrogen-bond acceptors (Lipinski definition) is 6. The average molecular weight is 589 g/mol. The van der Waals surface area contributed by atoms with Gasteiger partial charge in [0, 0.05) is 19.8 Å². The lowest BCUT2D eigenvalue weighted by atomic mass is 10.1. The van der Waals surface area contributed by atoms with Crippen molar-refractivity contribution in [3.63, 3.8) is 0 Å². The first-order valence-corrected chi connectivity index (χ1v) is 13.7. The molecule has 4 aromatic rings. The molecule has 1 aromatic heterocycles. The number of hydroxylamine groups is 2. The summed E-state index contributed by atoms with van der Waals surface area (Å²) in [5.74, 6) is -2.33. The Morgan fingerprint density at radius 3 is 2.07 bits per heavy atom. The molecule has 0 fully saturated rings. The molecule has 222 valence electrons. The van der Waals surface area contributed by atoms with Gasteiger partial charge in [-0.2, -0.15) is 0 Å². The highest BCUT2D eigenvalue weighted by Gasteiger charge is 2.36. The third-order valence-electron chi connectivity index (χ3n) is 6.91. The zero-order chi connectivity index (χ0) is 30.5. The van der Waals surface area contributed by atoms with Crippen molar-refractivity contribution in [1.29, 1.82) is 0 Å². The predicted octanol–water partition coefficient (Wildman–Crippen LogP) is 4.48. The minimum atomic E-state index is -0.766. The van der Waals surface area contributed by atoms with Crippen molar-refractivity contribution in [2.45, 2.75) is 26.6 Å². The van der Waals surface area contributed by atoms with Gasteiger partial charge >= 0.3 is 0 Å². The monoisotopic (exact) mass is 588 g/mol. The summed E-state index contributed by atoms with van der Waals surface area (Å²) in [5, 5.41) is 2.69. The van der Waals surface area contributed by atoms with E-state index in [1.807, 2.05) is 30.3 Å². The number of benzene rings is 3. The smallest absolute Gasteiger partial charge is 0.282 e. The van der Waals surface area contributed by atoms with Gasteiger partial charge < -0.3 is 9.64 Å². The van der Waals surface area contributed by atoms with Crippen LogP contribution in [0, 0.1) is 11.6 Å². The van der Waals surface area contributed by atoms with E-state index in [1.165, 1.54) is 47.1 Å². The number of hydrogen-bond donors (Lipinski definition) is 0. The maximum absolute atomic E-state index is 14.0. The lowest BCUT2D eigenvalue weighted by molar-refractivity contribution is -0.100. The summed E-state index contributed by atoms with van der Waals surface area (Å²) in [7, 11) is 1.39. The predicted molar refractivity (Wildman–Crippen MR) is 155 cm³/mol. The molecule has 43 heavy (non-hydrogen) atoms. The summed E-state index contributed by atoms with van der Waals surface area (Å²) in [6.45, 7) is 2.20. The molecule has 0 bridgehead atoms. The summed E-state index contributed by atoms with van der Waals surface area (Å²) in [6.07, 6.45) is 1.31. The van der Waals surface area contributed by atoms with Crippen molar-refractivity contribution < 1.29 is 27.9 Å². The summed E-state index contributed by atoms with van der Waals surface area (Å²) < 4.78 is 34.8. The van der Waals surface area contributed by atoms with Crippen LogP contribution in [-0.4, -0.2) is 46.8 Å². The fourth-order valence-electron chi connectivity index (χ4n) is 4.77. The van der Waals surface area contributed by atoms with Gasteiger partial charge in [-0.1, -0.05) is 54.6 Å². The molecule has 2 heterocycles. The first-order valence-electron chi connectivity index (χ1n) is 13.7. The third-order valence-corrected chi connectivity index (χ3v) is 6.91. The number of fused-ring (bicyclic) bond motifs is 1. The van der Waals surface area contributed by atoms with Gasteiger partial charge in [-0.3, -0.25) is 28.9 Å². The van der Waals surface area contributed by atoms with Gasteiger partial charge in [-0.25, -0.2) is 13.8 Å². The molecule has 0 N–H and O–H groups in total. The Bertz CT molecular complexity index is 1660. The second-order valence-corrected chi connectivity index (χ2v) is 9.95. The Morgan fingerprint density at radius 2 is 1.47 bits per heavy atom. The van der Waals surface area contributed by atoms with Crippen molar-refractivity contribution >= 4 is 11.8 Å². The highest BCUT2D eigenvalue weighted by atomic mass is 19.1.